The van der Waals surface area contributed by atoms with Gasteiger partial charge in [0, 0.05) is 29.2 Å². The van der Waals surface area contributed by atoms with Gasteiger partial charge >= 0.3 is 6.01 Å². The highest BCUT2D eigenvalue weighted by molar-refractivity contribution is 6.04. The van der Waals surface area contributed by atoms with Crippen LogP contribution >= 0.6 is 0 Å². The van der Waals surface area contributed by atoms with E-state index in [2.05, 4.69) is 15.3 Å². The van der Waals surface area contributed by atoms with Crippen LogP contribution in [0, 0.1) is 18.6 Å². The number of carbonyl (C=O) groups is 1. The van der Waals surface area contributed by atoms with Crippen LogP contribution in [0.15, 0.2) is 54.7 Å². The van der Waals surface area contributed by atoms with Crippen LogP contribution in [-0.2, 0) is 0 Å². The maximum Gasteiger partial charge on any atom is 0.322 e. The van der Waals surface area contributed by atoms with Crippen molar-refractivity contribution in [2.24, 2.45) is 0 Å². The molecule has 0 radical (unpaired) electrons. The number of benzene rings is 2. The molecule has 1 amide bonds. The molecule has 0 unspecified atom stereocenters. The van der Waals surface area contributed by atoms with Crippen molar-refractivity contribution in [2.75, 3.05) is 5.32 Å². The van der Waals surface area contributed by atoms with Crippen LogP contribution < -0.4 is 10.1 Å². The summed E-state index contributed by atoms with van der Waals surface area (Å²) in [6, 6.07) is 11.4. The Morgan fingerprint density at radius 2 is 1.80 bits per heavy atom. The van der Waals surface area contributed by atoms with Crippen LogP contribution in [0.3, 0.4) is 0 Å². The molecule has 0 aliphatic rings. The average molecular weight is 341 g/mol. The number of nitrogens with zero attached hydrogens (tertiary/aromatic N) is 2. The summed E-state index contributed by atoms with van der Waals surface area (Å²) in [5.41, 5.74) is 1.27. The zero-order valence-corrected chi connectivity index (χ0v) is 13.2. The molecular formula is C18H13F2N3O2. The van der Waals surface area contributed by atoms with Gasteiger partial charge in [-0.2, -0.15) is 0 Å². The predicted molar refractivity (Wildman–Crippen MR) is 87.6 cm³/mol. The highest BCUT2D eigenvalue weighted by Gasteiger charge is 2.09. The quantitative estimate of drug-likeness (QED) is 0.776. The summed E-state index contributed by atoms with van der Waals surface area (Å²) in [5.74, 6) is -1.99. The number of anilines is 1. The van der Waals surface area contributed by atoms with Gasteiger partial charge in [-0.15, -0.1) is 0 Å². The van der Waals surface area contributed by atoms with Crippen molar-refractivity contribution in [3.8, 4) is 11.8 Å². The van der Waals surface area contributed by atoms with E-state index >= 15 is 0 Å². The van der Waals surface area contributed by atoms with Crippen molar-refractivity contribution in [3.05, 3.63) is 77.6 Å². The molecular weight excluding hydrogens is 328 g/mol. The van der Waals surface area contributed by atoms with Crippen LogP contribution in [0.5, 0.6) is 11.8 Å². The number of rotatable bonds is 4. The fourth-order valence-corrected chi connectivity index (χ4v) is 2.03. The minimum atomic E-state index is -1.03. The number of aryl methyl sites for hydroxylation is 1. The van der Waals surface area contributed by atoms with Crippen LogP contribution in [0.2, 0.25) is 0 Å². The molecule has 0 saturated carbocycles. The van der Waals surface area contributed by atoms with Gasteiger partial charge in [0.25, 0.3) is 5.91 Å². The molecule has 0 saturated heterocycles. The molecule has 1 N–H and O–H groups in total. The van der Waals surface area contributed by atoms with Crippen molar-refractivity contribution in [1.29, 1.82) is 0 Å². The Morgan fingerprint density at radius 1 is 1.04 bits per heavy atom. The molecule has 126 valence electrons. The normalized spacial score (nSPS) is 10.4. The zero-order valence-electron chi connectivity index (χ0n) is 13.2. The number of amides is 1. The Morgan fingerprint density at radius 3 is 2.48 bits per heavy atom. The number of hydrogen-bond acceptors (Lipinski definition) is 4. The van der Waals surface area contributed by atoms with E-state index in [9.17, 15) is 13.6 Å². The molecule has 25 heavy (non-hydrogen) atoms. The number of aromatic nitrogens is 2. The smallest absolute Gasteiger partial charge is 0.322 e. The van der Waals surface area contributed by atoms with E-state index in [1.807, 2.05) is 6.92 Å². The van der Waals surface area contributed by atoms with Crippen molar-refractivity contribution in [1.82, 2.24) is 9.97 Å². The maximum absolute atomic E-state index is 13.2. The van der Waals surface area contributed by atoms with Crippen molar-refractivity contribution in [2.45, 2.75) is 6.92 Å². The highest BCUT2D eigenvalue weighted by Crippen LogP contribution is 2.19. The summed E-state index contributed by atoms with van der Waals surface area (Å²) in [4.78, 5) is 20.2. The lowest BCUT2D eigenvalue weighted by atomic mass is 10.2. The molecule has 0 aliphatic carbocycles. The third kappa shape index (κ3) is 4.14. The van der Waals surface area contributed by atoms with E-state index < -0.39 is 17.5 Å². The summed E-state index contributed by atoms with van der Waals surface area (Å²) in [6.45, 7) is 1.82. The molecule has 1 aromatic heterocycles. The van der Waals surface area contributed by atoms with E-state index in [1.54, 1.807) is 36.5 Å². The van der Waals surface area contributed by atoms with Gasteiger partial charge < -0.3 is 10.1 Å². The molecule has 3 rings (SSSR count). The molecule has 0 fully saturated rings. The molecule has 0 bridgehead atoms. The number of ether oxygens (including phenoxy) is 1. The van der Waals surface area contributed by atoms with E-state index in [-0.39, 0.29) is 11.7 Å². The zero-order chi connectivity index (χ0) is 17.8. The van der Waals surface area contributed by atoms with Gasteiger partial charge in [-0.1, -0.05) is 0 Å². The third-order valence-electron chi connectivity index (χ3n) is 3.28. The monoisotopic (exact) mass is 341 g/mol. The number of nitrogens with one attached hydrogen (secondary N) is 1. The lowest BCUT2D eigenvalue weighted by Crippen LogP contribution is -2.12. The van der Waals surface area contributed by atoms with E-state index in [1.165, 1.54) is 6.07 Å². The van der Waals surface area contributed by atoms with Gasteiger partial charge in [0.15, 0.2) is 11.6 Å². The lowest BCUT2D eigenvalue weighted by molar-refractivity contribution is 0.102. The molecule has 1 heterocycles. The van der Waals surface area contributed by atoms with Crippen molar-refractivity contribution in [3.63, 3.8) is 0 Å². The van der Waals surface area contributed by atoms with Crippen LogP contribution in [-0.4, -0.2) is 15.9 Å². The molecule has 7 heteroatoms. The lowest BCUT2D eigenvalue weighted by Gasteiger charge is -2.07. The first-order chi connectivity index (χ1) is 12.0. The minimum absolute atomic E-state index is 0.164. The molecule has 0 spiro atoms. The van der Waals surface area contributed by atoms with Gasteiger partial charge in [0.2, 0.25) is 0 Å². The molecule has 5 nitrogen and oxygen atoms in total. The largest absolute Gasteiger partial charge is 0.424 e. The van der Waals surface area contributed by atoms with Gasteiger partial charge in [-0.05, 0) is 49.4 Å². The minimum Gasteiger partial charge on any atom is -0.424 e. The Hall–Kier alpha value is -3.35. The predicted octanol–water partition coefficient (Wildman–Crippen LogP) is 4.11. The Labute approximate surface area is 142 Å². The van der Waals surface area contributed by atoms with Crippen LogP contribution in [0.1, 0.15) is 16.1 Å². The summed E-state index contributed by atoms with van der Waals surface area (Å²) in [7, 11) is 0. The first-order valence-corrected chi connectivity index (χ1v) is 7.35. The van der Waals surface area contributed by atoms with Gasteiger partial charge in [-0.25, -0.2) is 18.7 Å². The molecule has 0 aliphatic heterocycles. The summed E-state index contributed by atoms with van der Waals surface area (Å²) in [5, 5.41) is 2.49. The fourth-order valence-electron chi connectivity index (χ4n) is 2.03. The van der Waals surface area contributed by atoms with Gasteiger partial charge in [0.05, 0.1) is 0 Å². The molecule has 3 aromatic rings. The van der Waals surface area contributed by atoms with E-state index in [0.29, 0.717) is 11.3 Å². The molecule has 2 aromatic carbocycles. The first kappa shape index (κ1) is 16.5. The summed E-state index contributed by atoms with van der Waals surface area (Å²) < 4.78 is 31.6. The van der Waals surface area contributed by atoms with E-state index in [0.717, 1.165) is 17.8 Å². The van der Waals surface area contributed by atoms with Crippen LogP contribution in [0.25, 0.3) is 0 Å². The fraction of sp³-hybridized carbons (Fsp3) is 0.0556. The third-order valence-corrected chi connectivity index (χ3v) is 3.28. The Kier molecular flexibility index (Phi) is 4.65. The van der Waals surface area contributed by atoms with Crippen molar-refractivity contribution < 1.29 is 18.3 Å². The molecule has 0 atom stereocenters. The SMILES string of the molecule is Cc1ccnc(Oc2ccc(C(=O)Nc3ccc(F)c(F)c3)cc2)n1. The Bertz CT molecular complexity index is 914. The maximum atomic E-state index is 13.2. The topological polar surface area (TPSA) is 64.1 Å². The number of halogens is 2. The Balaban J connectivity index is 1.68. The van der Waals surface area contributed by atoms with Crippen LogP contribution in [0.4, 0.5) is 14.5 Å². The van der Waals surface area contributed by atoms with Crippen molar-refractivity contribution >= 4 is 11.6 Å². The standard InChI is InChI=1S/C18H13F2N3O2/c1-11-8-9-21-18(22-11)25-14-5-2-12(3-6-14)17(24)23-13-4-7-15(19)16(20)10-13/h2-10H,1H3,(H,23,24). The summed E-state index contributed by atoms with van der Waals surface area (Å²) >= 11 is 0. The van der Waals surface area contributed by atoms with Gasteiger partial charge in [0.1, 0.15) is 5.75 Å². The first-order valence-electron chi connectivity index (χ1n) is 7.35. The second-order valence-corrected chi connectivity index (χ2v) is 5.19. The number of hydrogen-bond donors (Lipinski definition) is 1. The van der Waals surface area contributed by atoms with E-state index in [4.69, 9.17) is 4.74 Å². The number of carbonyl (C=O) groups excluding carboxylic acids is 1. The van der Waals surface area contributed by atoms with Gasteiger partial charge in [-0.3, -0.25) is 4.79 Å². The second kappa shape index (κ2) is 7.04. The average Bonchev–Trinajstić information content (AvgIpc) is 2.59. The highest BCUT2D eigenvalue weighted by atomic mass is 19.2. The second-order valence-electron chi connectivity index (χ2n) is 5.19. The summed E-state index contributed by atoms with van der Waals surface area (Å²) in [6.07, 6.45) is 1.58.